The molecule has 0 amide bonds. The van der Waals surface area contributed by atoms with E-state index in [1.54, 1.807) is 0 Å². The van der Waals surface area contributed by atoms with Crippen LogP contribution < -0.4 is 9.80 Å². The molecule has 0 fully saturated rings. The summed E-state index contributed by atoms with van der Waals surface area (Å²) in [6.45, 7) is 0.896. The van der Waals surface area contributed by atoms with E-state index < -0.39 is 0 Å². The third-order valence-electron chi connectivity index (χ3n) is 2.47. The van der Waals surface area contributed by atoms with Crippen molar-refractivity contribution in [1.29, 1.82) is 0 Å². The molecule has 0 saturated heterocycles. The summed E-state index contributed by atoms with van der Waals surface area (Å²) in [6.07, 6.45) is 4.14. The molecule has 0 spiro atoms. The first-order valence-electron chi connectivity index (χ1n) is 5.01. The maximum Gasteiger partial charge on any atom is 2.00 e. The van der Waals surface area contributed by atoms with Crippen molar-refractivity contribution >= 4 is 11.4 Å². The molecule has 1 radical (unpaired) electrons. The first kappa shape index (κ1) is 16.0. The van der Waals surface area contributed by atoms with Crippen molar-refractivity contribution in [2.45, 2.75) is 0 Å². The summed E-state index contributed by atoms with van der Waals surface area (Å²) in [5.41, 5.74) is 2.31. The van der Waals surface area contributed by atoms with Crippen LogP contribution in [0.25, 0.3) is 0 Å². The van der Waals surface area contributed by atoms with Gasteiger partial charge in [0.1, 0.15) is 0 Å². The van der Waals surface area contributed by atoms with E-state index in [-0.39, 0.29) is 26.9 Å². The van der Waals surface area contributed by atoms with Crippen molar-refractivity contribution in [2.24, 2.45) is 0 Å². The summed E-state index contributed by atoms with van der Waals surface area (Å²) in [5.74, 6) is 0. The predicted octanol–water partition coefficient (Wildman–Crippen LogP) is 2.18. The second-order valence-corrected chi connectivity index (χ2v) is 3.99. The number of hydrogen-bond acceptors (Lipinski definition) is 3. The number of hydrogen-bond donors (Lipinski definition) is 0. The molecule has 95 valence electrons. The van der Waals surface area contributed by atoms with Crippen molar-refractivity contribution in [3.8, 4) is 0 Å². The maximum atomic E-state index is 3.25. The fourth-order valence-corrected chi connectivity index (χ4v) is 1.57. The Morgan fingerprint density at radius 3 is 2.53 bits per heavy atom. The standard InChI is InChI=1S/C12H16N3.CH3.Rh/c1-13(2)11-5-4-6-12(9-11)15-8-7-14(3)10-15;;/h4-5,7-9H,10H2,1-3H3;1H3;/q2*-1;+2. The first-order valence-corrected chi connectivity index (χ1v) is 5.01. The van der Waals surface area contributed by atoms with Gasteiger partial charge in [-0.2, -0.15) is 12.1 Å². The zero-order valence-corrected chi connectivity index (χ0v) is 12.4. The van der Waals surface area contributed by atoms with Gasteiger partial charge >= 0.3 is 19.5 Å². The van der Waals surface area contributed by atoms with Crippen LogP contribution in [0.15, 0.2) is 30.6 Å². The molecule has 0 N–H and O–H groups in total. The van der Waals surface area contributed by atoms with E-state index in [0.717, 1.165) is 12.4 Å². The number of anilines is 2. The van der Waals surface area contributed by atoms with Crippen molar-refractivity contribution in [1.82, 2.24) is 4.90 Å². The van der Waals surface area contributed by atoms with Crippen molar-refractivity contribution in [3.63, 3.8) is 0 Å². The second kappa shape index (κ2) is 6.65. The van der Waals surface area contributed by atoms with Crippen LogP contribution in [0, 0.1) is 13.5 Å². The summed E-state index contributed by atoms with van der Waals surface area (Å²) in [5, 5.41) is 0. The maximum absolute atomic E-state index is 3.25. The summed E-state index contributed by atoms with van der Waals surface area (Å²) in [6, 6.07) is 9.42. The Morgan fingerprint density at radius 1 is 1.29 bits per heavy atom. The van der Waals surface area contributed by atoms with Crippen LogP contribution in [-0.2, 0) is 19.5 Å². The first-order chi connectivity index (χ1) is 7.16. The van der Waals surface area contributed by atoms with Crippen molar-refractivity contribution in [2.75, 3.05) is 37.6 Å². The van der Waals surface area contributed by atoms with Crippen LogP contribution in [0.1, 0.15) is 0 Å². The molecule has 1 aromatic carbocycles. The fraction of sp³-hybridized carbons (Fsp3) is 0.308. The Hall–Kier alpha value is -1.02. The molecular weight excluding hydrogens is 301 g/mol. The van der Waals surface area contributed by atoms with E-state index >= 15 is 0 Å². The minimum Gasteiger partial charge on any atom is -0.399 e. The molecule has 4 heteroatoms. The van der Waals surface area contributed by atoms with Gasteiger partial charge in [-0.25, -0.2) is 0 Å². The van der Waals surface area contributed by atoms with E-state index in [4.69, 9.17) is 0 Å². The number of rotatable bonds is 2. The molecular formula is C13H19N3Rh. The quantitative estimate of drug-likeness (QED) is 0.611. The molecule has 1 aliphatic heterocycles. The van der Waals surface area contributed by atoms with Crippen LogP contribution in [-0.4, -0.2) is 32.7 Å². The van der Waals surface area contributed by atoms with Crippen molar-refractivity contribution in [3.05, 3.63) is 44.1 Å². The van der Waals surface area contributed by atoms with Crippen LogP contribution >= 0.6 is 0 Å². The molecule has 0 atom stereocenters. The molecule has 1 aromatic rings. The third kappa shape index (κ3) is 3.74. The fourth-order valence-electron chi connectivity index (χ4n) is 1.57. The molecule has 0 aromatic heterocycles. The average molecular weight is 320 g/mol. The molecule has 3 nitrogen and oxygen atoms in total. The van der Waals surface area contributed by atoms with Gasteiger partial charge in [-0.15, -0.1) is 12.1 Å². The Balaban J connectivity index is 0.00000128. The van der Waals surface area contributed by atoms with Gasteiger partial charge < -0.3 is 22.1 Å². The molecule has 2 rings (SSSR count). The number of benzene rings is 1. The van der Waals surface area contributed by atoms with Crippen LogP contribution in [0.2, 0.25) is 0 Å². The van der Waals surface area contributed by atoms with E-state index in [9.17, 15) is 0 Å². The van der Waals surface area contributed by atoms with Crippen LogP contribution in [0.4, 0.5) is 11.4 Å². The summed E-state index contributed by atoms with van der Waals surface area (Å²) in [4.78, 5) is 6.41. The second-order valence-electron chi connectivity index (χ2n) is 3.99. The minimum absolute atomic E-state index is 0. The summed E-state index contributed by atoms with van der Waals surface area (Å²) >= 11 is 0. The molecule has 0 aliphatic carbocycles. The van der Waals surface area contributed by atoms with Gasteiger partial charge in [0, 0.05) is 33.5 Å². The Labute approximate surface area is 117 Å². The van der Waals surface area contributed by atoms with Gasteiger partial charge in [0.05, 0.1) is 6.67 Å². The molecule has 0 saturated carbocycles. The molecule has 0 bridgehead atoms. The van der Waals surface area contributed by atoms with E-state index in [0.29, 0.717) is 0 Å². The van der Waals surface area contributed by atoms with Gasteiger partial charge in [0.2, 0.25) is 0 Å². The monoisotopic (exact) mass is 320 g/mol. The van der Waals surface area contributed by atoms with E-state index in [2.05, 4.69) is 52.3 Å². The number of nitrogens with zero attached hydrogens (tertiary/aromatic N) is 3. The van der Waals surface area contributed by atoms with E-state index in [1.807, 2.05) is 20.2 Å². The normalized spacial score (nSPS) is 13.1. The summed E-state index contributed by atoms with van der Waals surface area (Å²) in [7, 11) is 6.16. The molecule has 0 unspecified atom stereocenters. The Morgan fingerprint density at radius 2 is 2.00 bits per heavy atom. The topological polar surface area (TPSA) is 9.72 Å². The van der Waals surface area contributed by atoms with Gasteiger partial charge in [-0.05, 0) is 0 Å². The zero-order chi connectivity index (χ0) is 10.8. The SMILES string of the molecule is CN1C=CN(c2[c-]ccc(N(C)C)c2)C1.[CH3-].[Rh+2]. The Kier molecular flexibility index (Phi) is 6.26. The molecule has 17 heavy (non-hydrogen) atoms. The zero-order valence-electron chi connectivity index (χ0n) is 10.8. The van der Waals surface area contributed by atoms with E-state index in [1.165, 1.54) is 5.69 Å². The van der Waals surface area contributed by atoms with Gasteiger partial charge in [-0.1, -0.05) is 11.4 Å². The van der Waals surface area contributed by atoms with Crippen molar-refractivity contribution < 1.29 is 19.5 Å². The molecule has 1 heterocycles. The van der Waals surface area contributed by atoms with Crippen LogP contribution in [0.3, 0.4) is 0 Å². The average Bonchev–Trinajstić information content (AvgIpc) is 2.65. The minimum atomic E-state index is 0. The summed E-state index contributed by atoms with van der Waals surface area (Å²) < 4.78 is 0. The predicted molar refractivity (Wildman–Crippen MR) is 70.3 cm³/mol. The Bertz CT molecular complexity index is 377. The third-order valence-corrected chi connectivity index (χ3v) is 2.47. The van der Waals surface area contributed by atoms with Gasteiger partial charge in [0.25, 0.3) is 0 Å². The van der Waals surface area contributed by atoms with Crippen LogP contribution in [0.5, 0.6) is 0 Å². The smallest absolute Gasteiger partial charge is 0.399 e. The van der Waals surface area contributed by atoms with Gasteiger partial charge in [-0.3, -0.25) is 0 Å². The van der Waals surface area contributed by atoms with Gasteiger partial charge in [0.15, 0.2) is 0 Å². The molecule has 1 aliphatic rings. The largest absolute Gasteiger partial charge is 2.00 e.